The van der Waals surface area contributed by atoms with Gasteiger partial charge in [-0.05, 0) is 76.5 Å². The van der Waals surface area contributed by atoms with Gasteiger partial charge in [0.05, 0.1) is 42.5 Å². The highest BCUT2D eigenvalue weighted by atomic mass is 16.5. The van der Waals surface area contributed by atoms with Gasteiger partial charge in [-0.3, -0.25) is 19.8 Å². The fraction of sp³-hybridized carbons (Fsp3) is 0.923. The van der Waals surface area contributed by atoms with Crippen LogP contribution >= 0.6 is 0 Å². The standard InChI is InChI=1S/C26H45N5O4/c1-34-18-9-7-17(8-10-18)11-12-28-25(32)20-15-21-24(29-22-6-2-3-13-30(22)26(21)33)31(23(20)27)16-19-5-4-14-35-19/h17-24,29H,2-16,27H2,1H3,(H,28,32)/t17?,18?,19-,20?,21?,22?,23?,24?/m1/s1. The summed E-state index contributed by atoms with van der Waals surface area (Å²) >= 11 is 0. The van der Waals surface area contributed by atoms with Crippen molar-refractivity contribution in [2.45, 2.75) is 101 Å². The summed E-state index contributed by atoms with van der Waals surface area (Å²) in [4.78, 5) is 31.1. The molecule has 4 N–H and O–H groups in total. The smallest absolute Gasteiger partial charge is 0.229 e. The Morgan fingerprint density at radius 2 is 2.00 bits per heavy atom. The Kier molecular flexibility index (Phi) is 8.29. The van der Waals surface area contributed by atoms with E-state index in [4.69, 9.17) is 15.2 Å². The van der Waals surface area contributed by atoms with Gasteiger partial charge in [-0.1, -0.05) is 0 Å². The van der Waals surface area contributed by atoms with Gasteiger partial charge >= 0.3 is 0 Å². The second-order valence-electron chi connectivity index (χ2n) is 11.4. The molecule has 0 radical (unpaired) electrons. The molecule has 0 spiro atoms. The number of fused-ring (bicyclic) bond motifs is 2. The lowest BCUT2D eigenvalue weighted by Crippen LogP contribution is -2.75. The molecule has 2 amide bonds. The minimum absolute atomic E-state index is 0.00700. The maximum absolute atomic E-state index is 13.6. The Balaban J connectivity index is 1.23. The number of methoxy groups -OCH3 is 1. The van der Waals surface area contributed by atoms with E-state index in [1.54, 1.807) is 7.11 Å². The fourth-order valence-electron chi connectivity index (χ4n) is 7.12. The van der Waals surface area contributed by atoms with Gasteiger partial charge < -0.3 is 25.4 Å². The molecule has 0 aromatic rings. The first-order chi connectivity index (χ1) is 17.0. The van der Waals surface area contributed by atoms with E-state index in [1.807, 2.05) is 4.90 Å². The van der Waals surface area contributed by atoms with Crippen LogP contribution in [0.25, 0.3) is 0 Å². The Labute approximate surface area is 209 Å². The van der Waals surface area contributed by atoms with Gasteiger partial charge in [0.1, 0.15) is 0 Å². The zero-order valence-corrected chi connectivity index (χ0v) is 21.3. The number of nitrogens with one attached hydrogen (secondary N) is 2. The first kappa shape index (κ1) is 25.4. The second kappa shape index (κ2) is 11.4. The summed E-state index contributed by atoms with van der Waals surface area (Å²) < 4.78 is 11.4. The summed E-state index contributed by atoms with van der Waals surface area (Å²) in [5, 5.41) is 6.93. The van der Waals surface area contributed by atoms with Crippen molar-refractivity contribution >= 4 is 11.8 Å². The number of carbonyl (C=O) groups excluding carboxylic acids is 2. The molecule has 5 aliphatic rings. The van der Waals surface area contributed by atoms with Crippen LogP contribution in [0.4, 0.5) is 0 Å². The molecule has 9 nitrogen and oxygen atoms in total. The summed E-state index contributed by atoms with van der Waals surface area (Å²) in [6.45, 7) is 2.92. The van der Waals surface area contributed by atoms with E-state index in [0.717, 1.165) is 77.4 Å². The lowest BCUT2D eigenvalue weighted by molar-refractivity contribution is -0.164. The number of hydrogen-bond donors (Lipinski definition) is 3. The number of rotatable bonds is 7. The molecule has 1 saturated carbocycles. The first-order valence-corrected chi connectivity index (χ1v) is 14.0. The van der Waals surface area contributed by atoms with Gasteiger partial charge in [-0.2, -0.15) is 0 Å². The van der Waals surface area contributed by atoms with Crippen molar-refractivity contribution in [2.24, 2.45) is 23.5 Å². The average Bonchev–Trinajstić information content (AvgIpc) is 3.40. The van der Waals surface area contributed by atoms with E-state index >= 15 is 0 Å². The zero-order chi connectivity index (χ0) is 24.4. The Hall–Kier alpha value is -1.26. The quantitative estimate of drug-likeness (QED) is 0.493. The number of carbonyl (C=O) groups is 2. The van der Waals surface area contributed by atoms with Crippen LogP contribution in [0.2, 0.25) is 0 Å². The molecule has 0 bridgehead atoms. The predicted molar refractivity (Wildman–Crippen MR) is 132 cm³/mol. The second-order valence-corrected chi connectivity index (χ2v) is 11.4. The largest absolute Gasteiger partial charge is 0.381 e. The fourth-order valence-corrected chi connectivity index (χ4v) is 7.12. The molecular weight excluding hydrogens is 446 g/mol. The number of amides is 2. The Morgan fingerprint density at radius 1 is 1.17 bits per heavy atom. The molecule has 0 aromatic carbocycles. The highest BCUT2D eigenvalue weighted by molar-refractivity contribution is 5.84. The van der Waals surface area contributed by atoms with Crippen molar-refractivity contribution < 1.29 is 19.1 Å². The molecule has 198 valence electrons. The van der Waals surface area contributed by atoms with Gasteiger partial charge in [-0.15, -0.1) is 0 Å². The third-order valence-corrected chi connectivity index (χ3v) is 9.26. The molecule has 1 aliphatic carbocycles. The highest BCUT2D eigenvalue weighted by Crippen LogP contribution is 2.37. The van der Waals surface area contributed by atoms with Gasteiger partial charge in [0.15, 0.2) is 0 Å². The lowest BCUT2D eigenvalue weighted by Gasteiger charge is -2.55. The van der Waals surface area contributed by atoms with Crippen LogP contribution in [-0.2, 0) is 19.1 Å². The number of hydrogen-bond acceptors (Lipinski definition) is 7. The normalized spacial score (nSPS) is 40.3. The van der Waals surface area contributed by atoms with E-state index in [-0.39, 0.29) is 36.2 Å². The van der Waals surface area contributed by atoms with Crippen LogP contribution in [0.3, 0.4) is 0 Å². The number of ether oxygens (including phenoxy) is 2. The third kappa shape index (κ3) is 5.54. The number of piperidine rings is 2. The molecule has 4 aliphatic heterocycles. The summed E-state index contributed by atoms with van der Waals surface area (Å²) in [7, 11) is 1.79. The third-order valence-electron chi connectivity index (χ3n) is 9.26. The molecule has 35 heavy (non-hydrogen) atoms. The van der Waals surface area contributed by atoms with Crippen molar-refractivity contribution in [1.29, 1.82) is 0 Å². The molecular formula is C26H45N5O4. The number of nitrogens with zero attached hydrogens (tertiary/aromatic N) is 2. The van der Waals surface area contributed by atoms with Crippen LogP contribution in [0.5, 0.6) is 0 Å². The van der Waals surface area contributed by atoms with Gasteiger partial charge in [0, 0.05) is 33.4 Å². The van der Waals surface area contributed by atoms with E-state index in [0.29, 0.717) is 31.5 Å². The van der Waals surface area contributed by atoms with Crippen molar-refractivity contribution in [3.8, 4) is 0 Å². The van der Waals surface area contributed by atoms with E-state index in [1.165, 1.54) is 0 Å². The topological polar surface area (TPSA) is 109 Å². The van der Waals surface area contributed by atoms with Gasteiger partial charge in [0.2, 0.25) is 11.8 Å². The SMILES string of the molecule is COC1CCC(CCNC(=O)C2CC3C(=O)N4CCCCC4NC3N(C[C@H]3CCCO3)C2N)CC1. The van der Waals surface area contributed by atoms with Crippen LogP contribution in [-0.4, -0.2) is 85.7 Å². The molecule has 4 heterocycles. The summed E-state index contributed by atoms with van der Waals surface area (Å²) in [5.74, 6) is 0.185. The molecule has 0 aromatic heterocycles. The van der Waals surface area contributed by atoms with Crippen molar-refractivity contribution in [3.63, 3.8) is 0 Å². The Bertz CT molecular complexity index is 739. The summed E-state index contributed by atoms with van der Waals surface area (Å²) in [6, 6.07) is 0. The van der Waals surface area contributed by atoms with E-state index in [2.05, 4.69) is 15.5 Å². The minimum Gasteiger partial charge on any atom is -0.381 e. The van der Waals surface area contributed by atoms with Crippen LogP contribution < -0.4 is 16.4 Å². The lowest BCUT2D eigenvalue weighted by atomic mass is 9.80. The average molecular weight is 492 g/mol. The number of nitrogens with two attached hydrogens (primary N) is 1. The van der Waals surface area contributed by atoms with Crippen molar-refractivity contribution in [3.05, 3.63) is 0 Å². The van der Waals surface area contributed by atoms with Crippen LogP contribution in [0.15, 0.2) is 0 Å². The van der Waals surface area contributed by atoms with Crippen molar-refractivity contribution in [1.82, 2.24) is 20.4 Å². The predicted octanol–water partition coefficient (Wildman–Crippen LogP) is 1.37. The summed E-state index contributed by atoms with van der Waals surface area (Å²) in [5.41, 5.74) is 6.80. The maximum atomic E-state index is 13.6. The monoisotopic (exact) mass is 491 g/mol. The zero-order valence-electron chi connectivity index (χ0n) is 21.3. The van der Waals surface area contributed by atoms with Gasteiger partial charge in [0.25, 0.3) is 0 Å². The van der Waals surface area contributed by atoms with Crippen molar-refractivity contribution in [2.75, 3.05) is 33.4 Å². The first-order valence-electron chi connectivity index (χ1n) is 14.0. The van der Waals surface area contributed by atoms with E-state index in [9.17, 15) is 9.59 Å². The molecule has 6 atom stereocenters. The number of likely N-dealkylation sites (tertiary alicyclic amines) is 1. The molecule has 5 fully saturated rings. The Morgan fingerprint density at radius 3 is 2.74 bits per heavy atom. The van der Waals surface area contributed by atoms with Crippen LogP contribution in [0, 0.1) is 17.8 Å². The molecule has 5 unspecified atom stereocenters. The molecule has 9 heteroatoms. The minimum atomic E-state index is -0.423. The van der Waals surface area contributed by atoms with Gasteiger partial charge in [-0.25, -0.2) is 0 Å². The van der Waals surface area contributed by atoms with E-state index < -0.39 is 12.1 Å². The summed E-state index contributed by atoms with van der Waals surface area (Å²) in [6.07, 6.45) is 11.3. The maximum Gasteiger partial charge on any atom is 0.229 e. The molecule has 5 rings (SSSR count). The highest BCUT2D eigenvalue weighted by Gasteiger charge is 2.52. The molecule has 4 saturated heterocycles. The van der Waals surface area contributed by atoms with Crippen LogP contribution in [0.1, 0.15) is 70.6 Å².